The summed E-state index contributed by atoms with van der Waals surface area (Å²) in [5.41, 5.74) is 4.63. The molecule has 2 aromatic heterocycles. The Morgan fingerprint density at radius 2 is 1.31 bits per heavy atom. The topological polar surface area (TPSA) is 63.1 Å². The van der Waals surface area contributed by atoms with Crippen LogP contribution in [0.3, 0.4) is 0 Å². The predicted molar refractivity (Wildman–Crippen MR) is 163 cm³/mol. The van der Waals surface area contributed by atoms with E-state index in [1.165, 1.54) is 31.1 Å². The van der Waals surface area contributed by atoms with Gasteiger partial charge in [0, 0.05) is 58.7 Å². The number of ketones is 1. The van der Waals surface area contributed by atoms with Gasteiger partial charge in [0.2, 0.25) is 0 Å². The van der Waals surface area contributed by atoms with E-state index in [1.807, 2.05) is 110 Å². The monoisotopic (exact) mass is 891 g/mol. The van der Waals surface area contributed by atoms with Crippen LogP contribution in [0.5, 0.6) is 0 Å². The van der Waals surface area contributed by atoms with Crippen LogP contribution in [0.4, 0.5) is 0 Å². The fourth-order valence-electron chi connectivity index (χ4n) is 2.60. The second kappa shape index (κ2) is 35.8. The molecule has 0 spiro atoms. The molecule has 2 aliphatic rings. The Morgan fingerprint density at radius 1 is 0.795 bits per heavy atom. The van der Waals surface area contributed by atoms with Crippen molar-refractivity contribution in [2.24, 2.45) is 0 Å². The molecule has 4 nitrogen and oxygen atoms in total. The second-order valence-corrected chi connectivity index (χ2v) is 6.38. The summed E-state index contributed by atoms with van der Waals surface area (Å²) in [6, 6.07) is 11.9. The fourth-order valence-corrected chi connectivity index (χ4v) is 2.60. The van der Waals surface area contributed by atoms with Crippen molar-refractivity contribution >= 4 is 16.9 Å². The van der Waals surface area contributed by atoms with Gasteiger partial charge in [0.25, 0.3) is 0 Å². The molecule has 222 valence electrons. The Bertz CT molecular complexity index is 881. The summed E-state index contributed by atoms with van der Waals surface area (Å²) in [6.07, 6.45) is 20.3. The number of nitrogens with zero attached hydrogens (tertiary/aromatic N) is 2. The molecule has 0 saturated heterocycles. The number of hydrogen-bond acceptors (Lipinski definition) is 4. The summed E-state index contributed by atoms with van der Waals surface area (Å²) in [5, 5.41) is 8.36. The molecular formula is C33H49Ir2N2O2-. The third-order valence-electron chi connectivity index (χ3n) is 3.85. The van der Waals surface area contributed by atoms with Crippen LogP contribution in [0.1, 0.15) is 93.5 Å². The summed E-state index contributed by atoms with van der Waals surface area (Å²) in [4.78, 5) is 18.5. The van der Waals surface area contributed by atoms with E-state index in [2.05, 4.69) is 40.3 Å². The minimum absolute atomic E-state index is 0. The van der Waals surface area contributed by atoms with E-state index >= 15 is 0 Å². The average Bonchev–Trinajstić information content (AvgIpc) is 3.70. The van der Waals surface area contributed by atoms with Gasteiger partial charge in [0.1, 0.15) is 0 Å². The van der Waals surface area contributed by atoms with Crippen LogP contribution in [0, 0.1) is 6.08 Å². The number of aliphatic hydroxyl groups is 1. The third kappa shape index (κ3) is 25.8. The molecule has 39 heavy (non-hydrogen) atoms. The Balaban J connectivity index is -0.000000131. The maximum absolute atomic E-state index is 10.0. The minimum atomic E-state index is -0.125. The maximum Gasteiger partial charge on any atom is 0.155 e. The molecule has 0 amide bonds. The number of carbonyl (C=O) groups is 1. The number of carbonyl (C=O) groups excluding carboxylic acids is 1. The molecule has 2 heterocycles. The first-order valence-electron chi connectivity index (χ1n) is 13.4. The molecule has 0 bridgehead atoms. The van der Waals surface area contributed by atoms with Crippen molar-refractivity contribution in [2.75, 3.05) is 0 Å². The van der Waals surface area contributed by atoms with E-state index < -0.39 is 0 Å². The number of aliphatic hydroxyl groups excluding tert-OH is 1. The molecule has 2 aromatic rings. The van der Waals surface area contributed by atoms with Gasteiger partial charge in [0.15, 0.2) is 5.78 Å². The minimum Gasteiger partial charge on any atom is -0.512 e. The molecular weight excluding hydrogens is 841 g/mol. The van der Waals surface area contributed by atoms with Crippen LogP contribution in [0.2, 0.25) is 0 Å². The van der Waals surface area contributed by atoms with Crippen molar-refractivity contribution in [2.45, 2.75) is 82.1 Å². The molecule has 0 fully saturated rings. The van der Waals surface area contributed by atoms with Crippen molar-refractivity contribution in [3.63, 3.8) is 0 Å². The summed E-state index contributed by atoms with van der Waals surface area (Å²) in [6.45, 7) is 18.8. The summed E-state index contributed by atoms with van der Waals surface area (Å²) >= 11 is 0. The molecule has 0 saturated carbocycles. The molecule has 0 aromatic carbocycles. The first-order chi connectivity index (χ1) is 18.1. The van der Waals surface area contributed by atoms with E-state index in [0.717, 1.165) is 24.2 Å². The average molecular weight is 890 g/mol. The molecule has 6 heteroatoms. The first-order valence-corrected chi connectivity index (χ1v) is 13.4. The third-order valence-corrected chi connectivity index (χ3v) is 3.85. The van der Waals surface area contributed by atoms with Gasteiger partial charge in [-0.15, -0.1) is 5.57 Å². The van der Waals surface area contributed by atoms with Gasteiger partial charge < -0.3 is 10.1 Å². The SMILES string of the molecule is C1=CCC(c2ccccn2)=C1.CC.CC.CC.CC.CC(=O)/C=C(/C)O.[C-]1=C(c2ccccn2)CC=C1.[Ir].[Ir]. The van der Waals surface area contributed by atoms with Gasteiger partial charge >= 0.3 is 0 Å². The Labute approximate surface area is 266 Å². The van der Waals surface area contributed by atoms with Crippen molar-refractivity contribution in [3.05, 3.63) is 108 Å². The fraction of sp³-hybridized carbons (Fsp3) is 0.364. The number of hydrogen-bond donors (Lipinski definition) is 1. The van der Waals surface area contributed by atoms with Crippen LogP contribution < -0.4 is 0 Å². The van der Waals surface area contributed by atoms with Gasteiger partial charge in [0.05, 0.1) is 11.5 Å². The summed E-state index contributed by atoms with van der Waals surface area (Å²) < 4.78 is 0. The molecule has 0 unspecified atom stereocenters. The molecule has 4 rings (SSSR count). The zero-order chi connectivity index (χ0) is 28.9. The van der Waals surface area contributed by atoms with Gasteiger partial charge in [-0.2, -0.15) is 18.2 Å². The normalized spacial score (nSPS) is 11.2. The smallest absolute Gasteiger partial charge is 0.155 e. The number of aromatic nitrogens is 2. The zero-order valence-electron chi connectivity index (χ0n) is 25.4. The standard InChI is InChI=1S/C10H9N.C10H8N.C5H8O2.4C2H6.2Ir/c2*1-2-6-9(5-1)10-7-3-4-8-11-10;1-4(6)3-5(2)7;4*1-2;;/h1-5,7-8H,6H2;1-4,7-8H,5H2;3,6H,1-2H3;4*1-2H3;;/q;-1;;;;;;;/b;;4-3-;;;;;;. The zero-order valence-corrected chi connectivity index (χ0v) is 30.2. The van der Waals surface area contributed by atoms with Gasteiger partial charge in [-0.1, -0.05) is 98.2 Å². The van der Waals surface area contributed by atoms with Gasteiger partial charge in [-0.05, 0) is 49.7 Å². The second-order valence-electron chi connectivity index (χ2n) is 6.38. The van der Waals surface area contributed by atoms with E-state index in [-0.39, 0.29) is 51.8 Å². The summed E-state index contributed by atoms with van der Waals surface area (Å²) in [5.74, 6) is -0.0625. The van der Waals surface area contributed by atoms with Crippen LogP contribution in [0.15, 0.2) is 91.0 Å². The molecule has 2 radical (unpaired) electrons. The summed E-state index contributed by atoms with van der Waals surface area (Å²) in [7, 11) is 0. The van der Waals surface area contributed by atoms with Gasteiger partial charge in [-0.25, -0.2) is 0 Å². The molecule has 2 aliphatic carbocycles. The van der Waals surface area contributed by atoms with Crippen LogP contribution in [-0.4, -0.2) is 20.9 Å². The molecule has 0 atom stereocenters. The van der Waals surface area contributed by atoms with Crippen molar-refractivity contribution in [1.29, 1.82) is 0 Å². The van der Waals surface area contributed by atoms with Crippen molar-refractivity contribution < 1.29 is 50.1 Å². The predicted octanol–water partition coefficient (Wildman–Crippen LogP) is 9.79. The quantitative estimate of drug-likeness (QED) is 0.190. The largest absolute Gasteiger partial charge is 0.512 e. The number of pyridine rings is 2. The first kappa shape index (κ1) is 46.6. The maximum atomic E-state index is 10.0. The van der Waals surface area contributed by atoms with Crippen molar-refractivity contribution in [3.8, 4) is 0 Å². The molecule has 0 aliphatic heterocycles. The van der Waals surface area contributed by atoms with E-state index in [4.69, 9.17) is 5.11 Å². The van der Waals surface area contributed by atoms with E-state index in [0.29, 0.717) is 0 Å². The number of rotatable bonds is 3. The van der Waals surface area contributed by atoms with Crippen molar-refractivity contribution in [1.82, 2.24) is 9.97 Å². The number of allylic oxidation sites excluding steroid dienone is 10. The van der Waals surface area contributed by atoms with E-state index in [1.54, 1.807) is 0 Å². The van der Waals surface area contributed by atoms with Crippen LogP contribution in [-0.2, 0) is 45.0 Å². The Hall–Kier alpha value is -2.23. The Morgan fingerprint density at radius 3 is 1.62 bits per heavy atom. The van der Waals surface area contributed by atoms with E-state index in [9.17, 15) is 4.79 Å². The van der Waals surface area contributed by atoms with Crippen LogP contribution >= 0.6 is 0 Å². The molecule has 1 N–H and O–H groups in total. The Kier molecular flexibility index (Phi) is 42.7. The van der Waals surface area contributed by atoms with Gasteiger partial charge in [-0.3, -0.25) is 9.78 Å². The van der Waals surface area contributed by atoms with Crippen LogP contribution in [0.25, 0.3) is 11.1 Å².